The quantitative estimate of drug-likeness (QED) is 0.715. The summed E-state index contributed by atoms with van der Waals surface area (Å²) in [7, 11) is 2.24. The predicted octanol–water partition coefficient (Wildman–Crippen LogP) is 4.91. The van der Waals surface area contributed by atoms with E-state index in [0.29, 0.717) is 0 Å². The molecule has 1 aliphatic rings. The molecule has 0 aliphatic heterocycles. The molecule has 100 valence electrons. The van der Waals surface area contributed by atoms with Gasteiger partial charge in [0.2, 0.25) is 0 Å². The van der Waals surface area contributed by atoms with Crippen molar-refractivity contribution in [2.75, 3.05) is 18.5 Å². The Morgan fingerprint density at radius 1 is 1.22 bits per heavy atom. The fraction of sp³-hybridized carbons (Fsp3) is 0.625. The van der Waals surface area contributed by atoms with E-state index in [1.54, 1.807) is 0 Å². The Morgan fingerprint density at radius 3 is 2.61 bits per heavy atom. The van der Waals surface area contributed by atoms with Gasteiger partial charge in [0.25, 0.3) is 0 Å². The summed E-state index contributed by atoms with van der Waals surface area (Å²) in [6.45, 7) is 3.38. The Hall–Kier alpha value is -0.500. The maximum Gasteiger partial charge on any atom is 0.0405 e. The van der Waals surface area contributed by atoms with Crippen LogP contribution in [-0.2, 0) is 5.33 Å². The number of rotatable bonds is 4. The molecule has 18 heavy (non-hydrogen) atoms. The highest BCUT2D eigenvalue weighted by Crippen LogP contribution is 2.28. The van der Waals surface area contributed by atoms with Gasteiger partial charge in [-0.05, 0) is 37.3 Å². The number of halogens is 1. The first-order chi connectivity index (χ1) is 8.70. The van der Waals surface area contributed by atoms with Crippen LogP contribution in [0.15, 0.2) is 18.2 Å². The average molecular weight is 310 g/mol. The number of aryl methyl sites for hydroxylation is 1. The number of nitrogens with zero attached hydrogens (tertiary/aromatic N) is 1. The Bertz CT molecular complexity index is 383. The first-order valence-corrected chi connectivity index (χ1v) is 8.19. The summed E-state index contributed by atoms with van der Waals surface area (Å²) in [6, 6.07) is 6.79. The molecule has 1 fully saturated rings. The predicted molar refractivity (Wildman–Crippen MR) is 83.7 cm³/mol. The highest BCUT2D eigenvalue weighted by Gasteiger charge is 2.16. The van der Waals surface area contributed by atoms with E-state index < -0.39 is 0 Å². The van der Waals surface area contributed by atoms with Crippen LogP contribution in [0, 0.1) is 12.8 Å². The molecular weight excluding hydrogens is 286 g/mol. The topological polar surface area (TPSA) is 3.24 Å². The van der Waals surface area contributed by atoms with Crippen LogP contribution in [0.1, 0.15) is 43.2 Å². The lowest BCUT2D eigenvalue weighted by Gasteiger charge is -2.29. The lowest BCUT2D eigenvalue weighted by Crippen LogP contribution is -2.27. The third-order valence-electron chi connectivity index (χ3n) is 4.05. The maximum absolute atomic E-state index is 3.61. The van der Waals surface area contributed by atoms with E-state index >= 15 is 0 Å². The van der Waals surface area contributed by atoms with Crippen LogP contribution in [0.3, 0.4) is 0 Å². The monoisotopic (exact) mass is 309 g/mol. The maximum atomic E-state index is 3.61. The second-order valence-corrected chi connectivity index (χ2v) is 6.21. The van der Waals surface area contributed by atoms with Gasteiger partial charge >= 0.3 is 0 Å². The number of alkyl halides is 1. The molecule has 0 radical (unpaired) electrons. The Kier molecular flexibility index (Phi) is 5.11. The van der Waals surface area contributed by atoms with Crippen molar-refractivity contribution in [2.24, 2.45) is 5.92 Å². The summed E-state index contributed by atoms with van der Waals surface area (Å²) in [4.78, 5) is 2.45. The Morgan fingerprint density at radius 2 is 1.94 bits per heavy atom. The molecule has 0 amide bonds. The summed E-state index contributed by atoms with van der Waals surface area (Å²) in [5.74, 6) is 0.897. The molecule has 0 N–H and O–H groups in total. The molecule has 1 aromatic carbocycles. The zero-order valence-corrected chi connectivity index (χ0v) is 13.2. The fourth-order valence-corrected chi connectivity index (χ4v) is 3.50. The van der Waals surface area contributed by atoms with Gasteiger partial charge in [0, 0.05) is 24.6 Å². The zero-order chi connectivity index (χ0) is 13.0. The van der Waals surface area contributed by atoms with Crippen molar-refractivity contribution in [3.63, 3.8) is 0 Å². The van der Waals surface area contributed by atoms with Gasteiger partial charge in [-0.15, -0.1) is 0 Å². The molecule has 0 saturated heterocycles. The van der Waals surface area contributed by atoms with E-state index in [1.165, 1.54) is 55.5 Å². The molecule has 0 spiro atoms. The zero-order valence-electron chi connectivity index (χ0n) is 11.6. The van der Waals surface area contributed by atoms with Crippen molar-refractivity contribution in [3.8, 4) is 0 Å². The van der Waals surface area contributed by atoms with Crippen LogP contribution >= 0.6 is 15.9 Å². The molecular formula is C16H24BrN. The average Bonchev–Trinajstić information content (AvgIpc) is 2.39. The minimum absolute atomic E-state index is 0.897. The van der Waals surface area contributed by atoms with Gasteiger partial charge in [0.15, 0.2) is 0 Å². The smallest absolute Gasteiger partial charge is 0.0405 e. The van der Waals surface area contributed by atoms with Gasteiger partial charge in [0.1, 0.15) is 0 Å². The van der Waals surface area contributed by atoms with E-state index in [1.807, 2.05) is 0 Å². The highest BCUT2D eigenvalue weighted by atomic mass is 79.9. The minimum Gasteiger partial charge on any atom is -0.374 e. The highest BCUT2D eigenvalue weighted by molar-refractivity contribution is 9.08. The van der Waals surface area contributed by atoms with Crippen LogP contribution in [0.5, 0.6) is 0 Å². The third kappa shape index (κ3) is 3.50. The van der Waals surface area contributed by atoms with Gasteiger partial charge in [-0.3, -0.25) is 0 Å². The van der Waals surface area contributed by atoms with Crippen molar-refractivity contribution in [2.45, 2.75) is 44.4 Å². The second-order valence-electron chi connectivity index (χ2n) is 5.65. The van der Waals surface area contributed by atoms with Crippen molar-refractivity contribution in [1.29, 1.82) is 0 Å². The molecule has 0 atom stereocenters. The minimum atomic E-state index is 0.897. The van der Waals surface area contributed by atoms with Gasteiger partial charge in [-0.1, -0.05) is 52.9 Å². The van der Waals surface area contributed by atoms with E-state index in [9.17, 15) is 0 Å². The van der Waals surface area contributed by atoms with Crippen LogP contribution in [0.4, 0.5) is 5.69 Å². The van der Waals surface area contributed by atoms with Gasteiger partial charge in [-0.25, -0.2) is 0 Å². The summed E-state index contributed by atoms with van der Waals surface area (Å²) in [5, 5.41) is 0.943. The molecule has 2 heteroatoms. The van der Waals surface area contributed by atoms with Crippen molar-refractivity contribution >= 4 is 21.6 Å². The first-order valence-electron chi connectivity index (χ1n) is 7.07. The summed E-state index contributed by atoms with van der Waals surface area (Å²) in [5.41, 5.74) is 4.15. The number of hydrogen-bond donors (Lipinski definition) is 0. The molecule has 1 nitrogen and oxygen atoms in total. The van der Waals surface area contributed by atoms with Gasteiger partial charge in [-0.2, -0.15) is 0 Å². The summed E-state index contributed by atoms with van der Waals surface area (Å²) >= 11 is 3.61. The molecule has 0 heterocycles. The molecule has 1 aliphatic carbocycles. The molecule has 2 rings (SSSR count). The fourth-order valence-electron chi connectivity index (χ4n) is 3.05. The number of anilines is 1. The van der Waals surface area contributed by atoms with Crippen molar-refractivity contribution in [1.82, 2.24) is 0 Å². The molecule has 0 bridgehead atoms. The van der Waals surface area contributed by atoms with Crippen LogP contribution in [-0.4, -0.2) is 13.6 Å². The summed E-state index contributed by atoms with van der Waals surface area (Å²) in [6.07, 6.45) is 7.13. The van der Waals surface area contributed by atoms with E-state index in [2.05, 4.69) is 53.0 Å². The van der Waals surface area contributed by atoms with E-state index in [0.717, 1.165) is 11.2 Å². The van der Waals surface area contributed by atoms with Crippen molar-refractivity contribution < 1.29 is 0 Å². The molecule has 1 saturated carbocycles. The van der Waals surface area contributed by atoms with Crippen LogP contribution in [0.25, 0.3) is 0 Å². The number of hydrogen-bond acceptors (Lipinski definition) is 1. The molecule has 1 aromatic rings. The van der Waals surface area contributed by atoms with Gasteiger partial charge in [0.05, 0.1) is 0 Å². The Balaban J connectivity index is 2.05. The second kappa shape index (κ2) is 6.60. The van der Waals surface area contributed by atoms with E-state index in [4.69, 9.17) is 0 Å². The third-order valence-corrected chi connectivity index (χ3v) is 4.65. The molecule has 0 aromatic heterocycles. The van der Waals surface area contributed by atoms with E-state index in [-0.39, 0.29) is 0 Å². The first kappa shape index (κ1) is 13.9. The summed E-state index contributed by atoms with van der Waals surface area (Å²) < 4.78 is 0. The SMILES string of the molecule is Cc1ccc(N(C)CC2CCCCC2)c(CBr)c1. The lowest BCUT2D eigenvalue weighted by molar-refractivity contribution is 0.362. The largest absolute Gasteiger partial charge is 0.374 e. The van der Waals surface area contributed by atoms with Crippen LogP contribution in [0.2, 0.25) is 0 Å². The Labute approximate surface area is 120 Å². The van der Waals surface area contributed by atoms with Crippen molar-refractivity contribution in [3.05, 3.63) is 29.3 Å². The van der Waals surface area contributed by atoms with Gasteiger partial charge < -0.3 is 4.90 Å². The standard InChI is InChI=1S/C16H24BrN/c1-13-8-9-16(15(10-13)11-17)18(2)12-14-6-4-3-5-7-14/h8-10,14H,3-7,11-12H2,1-2H3. The normalized spacial score (nSPS) is 16.8. The number of benzene rings is 1. The molecule has 0 unspecified atom stereocenters. The lowest BCUT2D eigenvalue weighted by atomic mass is 9.89. The van der Waals surface area contributed by atoms with Crippen LogP contribution < -0.4 is 4.90 Å².